The molecule has 0 radical (unpaired) electrons. The highest BCUT2D eigenvalue weighted by atomic mass is 32.2. The average molecular weight is 346 g/mol. The summed E-state index contributed by atoms with van der Waals surface area (Å²) in [6, 6.07) is 13.5. The van der Waals surface area contributed by atoms with Gasteiger partial charge in [0.2, 0.25) is 0 Å². The molecule has 0 saturated carbocycles. The molecule has 3 N–H and O–H groups in total. The van der Waals surface area contributed by atoms with Crippen molar-refractivity contribution in [1.82, 2.24) is 10.6 Å². The van der Waals surface area contributed by atoms with E-state index in [1.807, 2.05) is 18.2 Å². The van der Waals surface area contributed by atoms with E-state index in [1.165, 1.54) is 23.9 Å². The molecular weight excluding hydrogens is 327 g/mol. The molecule has 1 fully saturated rings. The highest BCUT2D eigenvalue weighted by Crippen LogP contribution is 2.26. The number of nitrogens with one attached hydrogen (secondary N) is 2. The number of aliphatic hydroxyl groups excluding tert-OH is 1. The quantitative estimate of drug-likeness (QED) is 0.726. The topological polar surface area (TPSA) is 61.4 Å². The molecule has 0 aromatic heterocycles. The van der Waals surface area contributed by atoms with E-state index >= 15 is 0 Å². The van der Waals surface area contributed by atoms with Gasteiger partial charge in [0.25, 0.3) is 5.91 Å². The van der Waals surface area contributed by atoms with E-state index in [0.29, 0.717) is 24.4 Å². The first-order valence-electron chi connectivity index (χ1n) is 7.79. The Morgan fingerprint density at radius 1 is 1.21 bits per heavy atom. The second kappa shape index (κ2) is 7.79. The van der Waals surface area contributed by atoms with Gasteiger partial charge < -0.3 is 15.7 Å². The number of thioether (sulfide) groups is 1. The summed E-state index contributed by atoms with van der Waals surface area (Å²) in [4.78, 5) is 13.4. The minimum Gasteiger partial charge on any atom is -0.390 e. The fourth-order valence-electron chi connectivity index (χ4n) is 2.58. The van der Waals surface area contributed by atoms with Gasteiger partial charge in [-0.3, -0.25) is 4.79 Å². The van der Waals surface area contributed by atoms with E-state index in [2.05, 4.69) is 10.6 Å². The predicted octanol–water partition coefficient (Wildman–Crippen LogP) is 2.18. The SMILES string of the molecule is O=C(N[C@@H]1CNC[C@H]1O)c1ccccc1SCc1ccc(F)cc1. The minimum absolute atomic E-state index is 0.190. The molecule has 1 amide bonds. The van der Waals surface area contributed by atoms with Crippen LogP contribution < -0.4 is 10.6 Å². The van der Waals surface area contributed by atoms with E-state index in [0.717, 1.165) is 10.5 Å². The van der Waals surface area contributed by atoms with Crippen LogP contribution in [0.4, 0.5) is 4.39 Å². The van der Waals surface area contributed by atoms with Crippen LogP contribution in [0.25, 0.3) is 0 Å². The van der Waals surface area contributed by atoms with Crippen molar-refractivity contribution >= 4 is 17.7 Å². The standard InChI is InChI=1S/C18H19FN2O2S/c19-13-7-5-12(6-8-13)11-24-17-4-2-1-3-14(17)18(23)21-15-9-20-10-16(15)22/h1-8,15-16,20,22H,9-11H2,(H,21,23)/t15-,16-/m1/s1. The van der Waals surface area contributed by atoms with E-state index in [9.17, 15) is 14.3 Å². The van der Waals surface area contributed by atoms with Gasteiger partial charge in [-0.2, -0.15) is 0 Å². The van der Waals surface area contributed by atoms with E-state index in [1.54, 1.807) is 18.2 Å². The summed E-state index contributed by atoms with van der Waals surface area (Å²) in [7, 11) is 0. The summed E-state index contributed by atoms with van der Waals surface area (Å²) >= 11 is 1.53. The number of rotatable bonds is 5. The van der Waals surface area contributed by atoms with Crippen LogP contribution in [0.3, 0.4) is 0 Å². The first kappa shape index (κ1) is 17.0. The van der Waals surface area contributed by atoms with Gasteiger partial charge in [-0.1, -0.05) is 24.3 Å². The molecule has 2 aromatic rings. The maximum absolute atomic E-state index is 13.0. The van der Waals surface area contributed by atoms with Crippen molar-refractivity contribution in [3.8, 4) is 0 Å². The second-order valence-corrected chi connectivity index (χ2v) is 6.73. The molecule has 1 saturated heterocycles. The Morgan fingerprint density at radius 3 is 2.67 bits per heavy atom. The van der Waals surface area contributed by atoms with E-state index in [4.69, 9.17) is 0 Å². The lowest BCUT2D eigenvalue weighted by atomic mass is 10.1. The van der Waals surface area contributed by atoms with E-state index in [-0.39, 0.29) is 17.8 Å². The minimum atomic E-state index is -0.562. The van der Waals surface area contributed by atoms with Gasteiger partial charge in [0.1, 0.15) is 5.82 Å². The van der Waals surface area contributed by atoms with Gasteiger partial charge in [-0.05, 0) is 29.8 Å². The number of aliphatic hydroxyl groups is 1. The summed E-state index contributed by atoms with van der Waals surface area (Å²) in [5, 5.41) is 15.7. The monoisotopic (exact) mass is 346 g/mol. The third-order valence-electron chi connectivity index (χ3n) is 3.94. The van der Waals surface area contributed by atoms with Crippen LogP contribution in [0, 0.1) is 5.82 Å². The Bertz CT molecular complexity index is 708. The molecule has 2 aromatic carbocycles. The van der Waals surface area contributed by atoms with Crippen molar-refractivity contribution in [3.05, 3.63) is 65.5 Å². The van der Waals surface area contributed by atoms with Crippen LogP contribution in [0.2, 0.25) is 0 Å². The molecule has 4 nitrogen and oxygen atoms in total. The molecular formula is C18H19FN2O2S. The highest BCUT2D eigenvalue weighted by molar-refractivity contribution is 7.98. The smallest absolute Gasteiger partial charge is 0.252 e. The molecule has 0 spiro atoms. The van der Waals surface area contributed by atoms with Gasteiger partial charge in [0, 0.05) is 23.7 Å². The summed E-state index contributed by atoms with van der Waals surface area (Å²) in [6.45, 7) is 1.06. The van der Waals surface area contributed by atoms with Crippen molar-refractivity contribution in [3.63, 3.8) is 0 Å². The number of benzene rings is 2. The summed E-state index contributed by atoms with van der Waals surface area (Å²) < 4.78 is 13.0. The number of β-amino-alcohol motifs (C(OH)–C–C–N with tert-alkyl or cyclic N) is 1. The van der Waals surface area contributed by atoms with Crippen LogP contribution in [-0.2, 0) is 5.75 Å². The van der Waals surface area contributed by atoms with Crippen molar-refractivity contribution in [2.45, 2.75) is 22.8 Å². The van der Waals surface area contributed by atoms with Crippen molar-refractivity contribution in [1.29, 1.82) is 0 Å². The van der Waals surface area contributed by atoms with Crippen LogP contribution in [-0.4, -0.2) is 36.2 Å². The number of carbonyl (C=O) groups is 1. The van der Waals surface area contributed by atoms with Gasteiger partial charge in [0.05, 0.1) is 17.7 Å². The Labute approximate surface area is 144 Å². The number of hydrogen-bond donors (Lipinski definition) is 3. The Kier molecular flexibility index (Phi) is 5.50. The summed E-state index contributed by atoms with van der Waals surface area (Å²) in [6.07, 6.45) is -0.562. The molecule has 3 rings (SSSR count). The molecule has 0 aliphatic carbocycles. The molecule has 24 heavy (non-hydrogen) atoms. The molecule has 6 heteroatoms. The first-order valence-corrected chi connectivity index (χ1v) is 8.78. The Hall–Kier alpha value is -1.89. The van der Waals surface area contributed by atoms with Crippen molar-refractivity contribution in [2.75, 3.05) is 13.1 Å². The zero-order valence-corrected chi connectivity index (χ0v) is 13.9. The lowest BCUT2D eigenvalue weighted by Gasteiger charge is -2.16. The fourth-order valence-corrected chi connectivity index (χ4v) is 3.59. The largest absolute Gasteiger partial charge is 0.390 e. The number of amides is 1. The lowest BCUT2D eigenvalue weighted by molar-refractivity contribution is 0.0886. The number of halogens is 1. The molecule has 1 aliphatic heterocycles. The fraction of sp³-hybridized carbons (Fsp3) is 0.278. The maximum Gasteiger partial charge on any atom is 0.252 e. The molecule has 1 aliphatic rings. The highest BCUT2D eigenvalue weighted by Gasteiger charge is 2.27. The number of hydrogen-bond acceptors (Lipinski definition) is 4. The van der Waals surface area contributed by atoms with Gasteiger partial charge in [-0.15, -0.1) is 11.8 Å². The molecule has 126 valence electrons. The van der Waals surface area contributed by atoms with Gasteiger partial charge >= 0.3 is 0 Å². The second-order valence-electron chi connectivity index (χ2n) is 5.72. The normalized spacial score (nSPS) is 20.1. The van der Waals surface area contributed by atoms with Crippen molar-refractivity contribution in [2.24, 2.45) is 0 Å². The molecule has 1 heterocycles. The summed E-state index contributed by atoms with van der Waals surface area (Å²) in [5.41, 5.74) is 1.58. The first-order chi connectivity index (χ1) is 11.6. The third kappa shape index (κ3) is 4.14. The zero-order valence-electron chi connectivity index (χ0n) is 13.0. The zero-order chi connectivity index (χ0) is 16.9. The van der Waals surface area contributed by atoms with Gasteiger partial charge in [0.15, 0.2) is 0 Å². The Balaban J connectivity index is 1.68. The Morgan fingerprint density at radius 2 is 1.96 bits per heavy atom. The van der Waals surface area contributed by atoms with Crippen LogP contribution in [0.15, 0.2) is 53.4 Å². The lowest BCUT2D eigenvalue weighted by Crippen LogP contribution is -2.42. The number of carbonyl (C=O) groups excluding carboxylic acids is 1. The third-order valence-corrected chi connectivity index (χ3v) is 5.08. The van der Waals surface area contributed by atoms with E-state index < -0.39 is 6.10 Å². The summed E-state index contributed by atoms with van der Waals surface area (Å²) in [5.74, 6) is 0.204. The molecule has 0 bridgehead atoms. The van der Waals surface area contributed by atoms with Crippen LogP contribution in [0.5, 0.6) is 0 Å². The molecule has 2 atom stereocenters. The average Bonchev–Trinajstić information content (AvgIpc) is 2.99. The maximum atomic E-state index is 13.0. The van der Waals surface area contributed by atoms with Crippen molar-refractivity contribution < 1.29 is 14.3 Å². The van der Waals surface area contributed by atoms with Gasteiger partial charge in [-0.25, -0.2) is 4.39 Å². The molecule has 0 unspecified atom stereocenters. The predicted molar refractivity (Wildman–Crippen MR) is 92.5 cm³/mol. The van der Waals surface area contributed by atoms with Crippen LogP contribution in [0.1, 0.15) is 15.9 Å². The van der Waals surface area contributed by atoms with Crippen LogP contribution >= 0.6 is 11.8 Å².